The van der Waals surface area contributed by atoms with Gasteiger partial charge >= 0.3 is 5.69 Å². The van der Waals surface area contributed by atoms with Crippen LogP contribution in [0.15, 0.2) is 10.9 Å². The Kier molecular flexibility index (Phi) is 2.87. The molecule has 0 bridgehead atoms. The lowest BCUT2D eigenvalue weighted by Gasteiger charge is -2.19. The molecule has 0 spiro atoms. The third kappa shape index (κ3) is 2.34. The van der Waals surface area contributed by atoms with Crippen LogP contribution in [0.2, 0.25) is 0 Å². The van der Waals surface area contributed by atoms with Gasteiger partial charge in [0.25, 0.3) is 0 Å². The van der Waals surface area contributed by atoms with Gasteiger partial charge in [-0.05, 0) is 24.8 Å². The zero-order valence-corrected chi connectivity index (χ0v) is 10.3. The van der Waals surface area contributed by atoms with Gasteiger partial charge in [-0.3, -0.25) is 0 Å². The van der Waals surface area contributed by atoms with Gasteiger partial charge < -0.3 is 4.98 Å². The Balaban J connectivity index is 2.39. The molecule has 0 amide bonds. The molecule has 0 saturated heterocycles. The van der Waals surface area contributed by atoms with Gasteiger partial charge in [0.1, 0.15) is 0 Å². The van der Waals surface area contributed by atoms with Crippen LogP contribution in [-0.4, -0.2) is 9.97 Å². The fraction of sp³-hybridized carbons (Fsp3) is 0.692. The second-order valence-electron chi connectivity index (χ2n) is 5.76. The van der Waals surface area contributed by atoms with E-state index in [9.17, 15) is 4.79 Å². The van der Waals surface area contributed by atoms with Crippen molar-refractivity contribution in [1.82, 2.24) is 9.97 Å². The van der Waals surface area contributed by atoms with Crippen LogP contribution in [0.3, 0.4) is 0 Å². The Morgan fingerprint density at radius 2 is 1.94 bits per heavy atom. The Bertz CT molecular complexity index is 422. The summed E-state index contributed by atoms with van der Waals surface area (Å²) in [5.74, 6) is 0.539. The number of rotatable bonds is 1. The van der Waals surface area contributed by atoms with Crippen molar-refractivity contribution in [2.75, 3.05) is 0 Å². The first-order valence-electron chi connectivity index (χ1n) is 6.08. The lowest BCUT2D eigenvalue weighted by molar-refractivity contribution is 0.556. The van der Waals surface area contributed by atoms with Crippen LogP contribution in [0.1, 0.15) is 63.8 Å². The van der Waals surface area contributed by atoms with Crippen LogP contribution in [0.5, 0.6) is 0 Å². The molecular formula is C13H20N2O. The van der Waals surface area contributed by atoms with Crippen molar-refractivity contribution >= 4 is 0 Å². The summed E-state index contributed by atoms with van der Waals surface area (Å²) in [5.41, 5.74) is 1.73. The predicted octanol–water partition coefficient (Wildman–Crippen LogP) is 2.73. The minimum atomic E-state index is -0.200. The smallest absolute Gasteiger partial charge is 0.310 e. The van der Waals surface area contributed by atoms with E-state index in [1.807, 2.05) is 0 Å². The van der Waals surface area contributed by atoms with Gasteiger partial charge in [0, 0.05) is 11.1 Å². The number of nitrogens with one attached hydrogen (secondary N) is 1. The SMILES string of the molecule is CC(C)(C)c1cc(C2CCCC2)[nH]c(=O)n1. The average molecular weight is 220 g/mol. The lowest BCUT2D eigenvalue weighted by atomic mass is 9.90. The second kappa shape index (κ2) is 4.04. The van der Waals surface area contributed by atoms with Crippen LogP contribution < -0.4 is 5.69 Å². The summed E-state index contributed by atoms with van der Waals surface area (Å²) in [7, 11) is 0. The number of nitrogens with zero attached hydrogens (tertiary/aromatic N) is 1. The first-order chi connectivity index (χ1) is 7.47. The molecule has 0 radical (unpaired) electrons. The highest BCUT2D eigenvalue weighted by molar-refractivity contribution is 5.19. The monoisotopic (exact) mass is 220 g/mol. The molecule has 1 aliphatic rings. The van der Waals surface area contributed by atoms with Gasteiger partial charge in [0.05, 0.1) is 5.69 Å². The minimum Gasteiger partial charge on any atom is -0.310 e. The van der Waals surface area contributed by atoms with Crippen LogP contribution in [0.25, 0.3) is 0 Å². The van der Waals surface area contributed by atoms with E-state index in [1.54, 1.807) is 0 Å². The number of hydrogen-bond acceptors (Lipinski definition) is 2. The van der Waals surface area contributed by atoms with Crippen LogP contribution >= 0.6 is 0 Å². The van der Waals surface area contributed by atoms with Crippen LogP contribution in [0, 0.1) is 0 Å². The molecule has 88 valence electrons. The fourth-order valence-corrected chi connectivity index (χ4v) is 2.32. The Labute approximate surface area is 96.3 Å². The molecule has 3 heteroatoms. The highest BCUT2D eigenvalue weighted by Gasteiger charge is 2.22. The lowest BCUT2D eigenvalue weighted by Crippen LogP contribution is -2.23. The van der Waals surface area contributed by atoms with Crippen molar-refractivity contribution in [2.45, 2.75) is 57.8 Å². The molecule has 2 rings (SSSR count). The van der Waals surface area contributed by atoms with Crippen molar-refractivity contribution in [3.8, 4) is 0 Å². The standard InChI is InChI=1S/C13H20N2O/c1-13(2,3)11-8-10(14-12(16)15-11)9-6-4-5-7-9/h8-9H,4-7H2,1-3H3,(H,14,15,16). The van der Waals surface area contributed by atoms with Crippen molar-refractivity contribution in [3.05, 3.63) is 27.9 Å². The molecule has 0 aliphatic heterocycles. The molecule has 3 nitrogen and oxygen atoms in total. The van der Waals surface area contributed by atoms with Crippen molar-refractivity contribution in [2.24, 2.45) is 0 Å². The van der Waals surface area contributed by atoms with E-state index in [0.717, 1.165) is 11.4 Å². The molecule has 1 aromatic rings. The van der Waals surface area contributed by atoms with E-state index in [1.165, 1.54) is 25.7 Å². The van der Waals surface area contributed by atoms with Crippen LogP contribution in [-0.2, 0) is 5.41 Å². The fourth-order valence-electron chi connectivity index (χ4n) is 2.32. The predicted molar refractivity (Wildman–Crippen MR) is 64.8 cm³/mol. The van der Waals surface area contributed by atoms with E-state index < -0.39 is 0 Å². The summed E-state index contributed by atoms with van der Waals surface area (Å²) in [6.45, 7) is 6.27. The first-order valence-corrected chi connectivity index (χ1v) is 6.08. The van der Waals surface area contributed by atoms with Gasteiger partial charge in [-0.2, -0.15) is 4.98 Å². The van der Waals surface area contributed by atoms with E-state index >= 15 is 0 Å². The molecule has 1 N–H and O–H groups in total. The molecule has 1 fully saturated rings. The number of aromatic amines is 1. The van der Waals surface area contributed by atoms with E-state index in [4.69, 9.17) is 0 Å². The van der Waals surface area contributed by atoms with Gasteiger partial charge in [-0.1, -0.05) is 33.6 Å². The first kappa shape index (κ1) is 11.4. The van der Waals surface area contributed by atoms with E-state index in [-0.39, 0.29) is 11.1 Å². The molecule has 1 heterocycles. The Morgan fingerprint density at radius 3 is 2.50 bits per heavy atom. The van der Waals surface area contributed by atoms with E-state index in [2.05, 4.69) is 36.8 Å². The van der Waals surface area contributed by atoms with Gasteiger partial charge in [-0.15, -0.1) is 0 Å². The number of H-pyrrole nitrogens is 1. The molecule has 0 aromatic carbocycles. The molecule has 0 unspecified atom stereocenters. The molecule has 1 aliphatic carbocycles. The van der Waals surface area contributed by atoms with Crippen molar-refractivity contribution in [3.63, 3.8) is 0 Å². The molecule has 1 saturated carbocycles. The van der Waals surface area contributed by atoms with Gasteiger partial charge in [-0.25, -0.2) is 4.79 Å². The summed E-state index contributed by atoms with van der Waals surface area (Å²) in [6.07, 6.45) is 4.95. The largest absolute Gasteiger partial charge is 0.345 e. The maximum Gasteiger partial charge on any atom is 0.345 e. The molecule has 16 heavy (non-hydrogen) atoms. The highest BCUT2D eigenvalue weighted by Crippen LogP contribution is 2.33. The number of hydrogen-bond donors (Lipinski definition) is 1. The zero-order chi connectivity index (χ0) is 11.8. The maximum absolute atomic E-state index is 11.5. The summed E-state index contributed by atoms with van der Waals surface area (Å²) < 4.78 is 0. The second-order valence-corrected chi connectivity index (χ2v) is 5.76. The Morgan fingerprint density at radius 1 is 1.31 bits per heavy atom. The summed E-state index contributed by atoms with van der Waals surface area (Å²) in [6, 6.07) is 2.08. The maximum atomic E-state index is 11.5. The minimum absolute atomic E-state index is 0.0540. The quantitative estimate of drug-likeness (QED) is 0.791. The van der Waals surface area contributed by atoms with E-state index in [0.29, 0.717) is 5.92 Å². The summed E-state index contributed by atoms with van der Waals surface area (Å²) >= 11 is 0. The summed E-state index contributed by atoms with van der Waals surface area (Å²) in [5, 5.41) is 0. The molecule has 1 aromatic heterocycles. The van der Waals surface area contributed by atoms with Gasteiger partial charge in [0.15, 0.2) is 0 Å². The third-order valence-electron chi connectivity index (χ3n) is 3.33. The number of aromatic nitrogens is 2. The van der Waals surface area contributed by atoms with Gasteiger partial charge in [0.2, 0.25) is 0 Å². The summed E-state index contributed by atoms with van der Waals surface area (Å²) in [4.78, 5) is 18.5. The Hall–Kier alpha value is -1.12. The van der Waals surface area contributed by atoms with Crippen LogP contribution in [0.4, 0.5) is 0 Å². The van der Waals surface area contributed by atoms with Crippen molar-refractivity contribution in [1.29, 1.82) is 0 Å². The average Bonchev–Trinajstić information content (AvgIpc) is 2.68. The van der Waals surface area contributed by atoms with Crippen molar-refractivity contribution < 1.29 is 0 Å². The molecule has 0 atom stereocenters. The zero-order valence-electron chi connectivity index (χ0n) is 10.3. The molecular weight excluding hydrogens is 200 g/mol. The topological polar surface area (TPSA) is 45.8 Å². The third-order valence-corrected chi connectivity index (χ3v) is 3.33. The highest BCUT2D eigenvalue weighted by atomic mass is 16.1. The normalized spacial score (nSPS) is 17.9.